The van der Waals surface area contributed by atoms with Gasteiger partial charge in [0.2, 0.25) is 5.28 Å². The van der Waals surface area contributed by atoms with E-state index in [0.717, 1.165) is 18.2 Å². The van der Waals surface area contributed by atoms with Gasteiger partial charge in [0.05, 0.1) is 5.54 Å². The summed E-state index contributed by atoms with van der Waals surface area (Å²) < 4.78 is 2.22. The molecule has 0 N–H and O–H groups in total. The van der Waals surface area contributed by atoms with Crippen LogP contribution < -0.4 is 0 Å². The van der Waals surface area contributed by atoms with Gasteiger partial charge in [-0.1, -0.05) is 13.3 Å². The van der Waals surface area contributed by atoms with Crippen molar-refractivity contribution in [3.8, 4) is 0 Å². The zero-order chi connectivity index (χ0) is 10.5. The normalized spacial score (nSPS) is 23.9. The molecule has 2 fully saturated rings. The van der Waals surface area contributed by atoms with Crippen LogP contribution in [0, 0.1) is 5.92 Å². The summed E-state index contributed by atoms with van der Waals surface area (Å²) in [6, 6.07) is 0. The number of rotatable bonds is 3. The quantitative estimate of drug-likeness (QED) is 0.792. The van der Waals surface area contributed by atoms with Crippen molar-refractivity contribution in [2.75, 3.05) is 0 Å². The topological polar surface area (TPSA) is 30.7 Å². The molecule has 2 aliphatic rings. The van der Waals surface area contributed by atoms with Crippen LogP contribution in [0.25, 0.3) is 0 Å². The maximum absolute atomic E-state index is 6.16. The minimum absolute atomic E-state index is 0.310. The van der Waals surface area contributed by atoms with Gasteiger partial charge in [-0.2, -0.15) is 0 Å². The smallest absolute Gasteiger partial charge is 0.225 e. The molecule has 3 nitrogen and oxygen atoms in total. The monoisotopic (exact) mass is 225 g/mol. The van der Waals surface area contributed by atoms with Crippen molar-refractivity contribution >= 4 is 11.6 Å². The summed E-state index contributed by atoms with van der Waals surface area (Å²) in [5, 5.41) is 8.77. The van der Waals surface area contributed by atoms with Gasteiger partial charge in [-0.3, -0.25) is 4.57 Å². The van der Waals surface area contributed by atoms with Crippen molar-refractivity contribution in [2.24, 2.45) is 5.92 Å². The summed E-state index contributed by atoms with van der Waals surface area (Å²) in [4.78, 5) is 0. The molecule has 2 aliphatic carbocycles. The van der Waals surface area contributed by atoms with Gasteiger partial charge in [-0.25, -0.2) is 0 Å². The van der Waals surface area contributed by atoms with Gasteiger partial charge in [0.15, 0.2) is 0 Å². The summed E-state index contributed by atoms with van der Waals surface area (Å²) in [6.45, 7) is 2.12. The van der Waals surface area contributed by atoms with E-state index in [1.807, 2.05) is 0 Å². The van der Waals surface area contributed by atoms with Crippen molar-refractivity contribution in [3.05, 3.63) is 11.1 Å². The van der Waals surface area contributed by atoms with Crippen LogP contribution in [0.1, 0.15) is 44.9 Å². The van der Waals surface area contributed by atoms with Crippen molar-refractivity contribution in [3.63, 3.8) is 0 Å². The second-order valence-corrected chi connectivity index (χ2v) is 5.14. The number of hydrogen-bond donors (Lipinski definition) is 0. The van der Waals surface area contributed by atoms with E-state index in [4.69, 9.17) is 11.6 Å². The van der Waals surface area contributed by atoms with Gasteiger partial charge >= 0.3 is 0 Å². The number of aromatic nitrogens is 3. The van der Waals surface area contributed by atoms with Gasteiger partial charge in [0, 0.05) is 6.42 Å². The lowest BCUT2D eigenvalue weighted by Crippen LogP contribution is -2.33. The predicted molar refractivity (Wildman–Crippen MR) is 59.0 cm³/mol. The van der Waals surface area contributed by atoms with E-state index in [2.05, 4.69) is 21.7 Å². The van der Waals surface area contributed by atoms with Crippen molar-refractivity contribution < 1.29 is 0 Å². The summed E-state index contributed by atoms with van der Waals surface area (Å²) in [6.07, 6.45) is 7.56. The summed E-state index contributed by atoms with van der Waals surface area (Å²) >= 11 is 6.16. The third-order valence-electron chi connectivity index (χ3n) is 4.08. The van der Waals surface area contributed by atoms with E-state index in [1.54, 1.807) is 0 Å². The minimum Gasteiger partial charge on any atom is -0.295 e. The molecular formula is C11H16ClN3. The Hall–Kier alpha value is -0.570. The Kier molecular flexibility index (Phi) is 2.06. The maximum Gasteiger partial charge on any atom is 0.225 e. The first-order valence-electron chi connectivity index (χ1n) is 5.88. The van der Waals surface area contributed by atoms with Crippen molar-refractivity contribution in [2.45, 2.75) is 51.0 Å². The highest BCUT2D eigenvalue weighted by Gasteiger charge is 2.54. The van der Waals surface area contributed by atoms with E-state index in [0.29, 0.717) is 10.8 Å². The molecule has 0 aliphatic heterocycles. The zero-order valence-corrected chi connectivity index (χ0v) is 9.80. The number of halogens is 1. The van der Waals surface area contributed by atoms with Crippen LogP contribution in [0.4, 0.5) is 0 Å². The molecule has 2 saturated carbocycles. The molecule has 0 aromatic carbocycles. The number of aryl methyl sites for hydroxylation is 1. The highest BCUT2D eigenvalue weighted by atomic mass is 35.5. The van der Waals surface area contributed by atoms with Crippen LogP contribution in [0.3, 0.4) is 0 Å². The van der Waals surface area contributed by atoms with Crippen molar-refractivity contribution in [1.29, 1.82) is 0 Å². The third-order valence-corrected chi connectivity index (χ3v) is 4.32. The van der Waals surface area contributed by atoms with Crippen molar-refractivity contribution in [1.82, 2.24) is 14.8 Å². The standard InChI is InChI=1S/C11H16ClN3/c1-2-9-13-14-10(12)15(9)11(6-7-11)8-4-3-5-8/h8H,2-7H2,1H3. The van der Waals surface area contributed by atoms with Crippen LogP contribution in [0.2, 0.25) is 5.28 Å². The molecule has 0 atom stereocenters. The molecule has 1 aromatic heterocycles. The lowest BCUT2D eigenvalue weighted by atomic mass is 9.77. The SMILES string of the molecule is CCc1nnc(Cl)n1C1(C2CCC2)CC1. The lowest BCUT2D eigenvalue weighted by molar-refractivity contribution is 0.184. The Morgan fingerprint density at radius 2 is 2.13 bits per heavy atom. The molecule has 0 unspecified atom stereocenters. The van der Waals surface area contributed by atoms with E-state index < -0.39 is 0 Å². The largest absolute Gasteiger partial charge is 0.295 e. The van der Waals surface area contributed by atoms with Gasteiger partial charge < -0.3 is 0 Å². The van der Waals surface area contributed by atoms with Gasteiger partial charge in [-0.15, -0.1) is 10.2 Å². The molecule has 0 saturated heterocycles. The first kappa shape index (κ1) is 9.64. The highest BCUT2D eigenvalue weighted by Crippen LogP contribution is 2.57. The molecule has 0 amide bonds. The second kappa shape index (κ2) is 3.21. The van der Waals surface area contributed by atoms with Gasteiger partial charge in [0.1, 0.15) is 5.82 Å². The highest BCUT2D eigenvalue weighted by molar-refractivity contribution is 6.28. The molecule has 4 heteroatoms. The molecule has 3 rings (SSSR count). The minimum atomic E-state index is 0.310. The van der Waals surface area contributed by atoms with Gasteiger partial charge in [-0.05, 0) is 43.2 Å². The average molecular weight is 226 g/mol. The fraction of sp³-hybridized carbons (Fsp3) is 0.818. The fourth-order valence-corrected chi connectivity index (χ4v) is 3.16. The summed E-state index contributed by atoms with van der Waals surface area (Å²) in [5.74, 6) is 1.89. The zero-order valence-electron chi connectivity index (χ0n) is 9.04. The molecule has 1 heterocycles. The Bertz CT molecular complexity index is 377. The maximum atomic E-state index is 6.16. The molecule has 82 valence electrons. The molecular weight excluding hydrogens is 210 g/mol. The number of hydrogen-bond acceptors (Lipinski definition) is 2. The fourth-order valence-electron chi connectivity index (χ4n) is 2.85. The second-order valence-electron chi connectivity index (χ2n) is 4.81. The first-order valence-corrected chi connectivity index (χ1v) is 6.26. The van der Waals surface area contributed by atoms with E-state index in [9.17, 15) is 0 Å². The Morgan fingerprint density at radius 1 is 1.40 bits per heavy atom. The van der Waals surface area contributed by atoms with Crippen LogP contribution in [-0.2, 0) is 12.0 Å². The van der Waals surface area contributed by atoms with E-state index >= 15 is 0 Å². The average Bonchev–Trinajstić information content (AvgIpc) is 2.80. The summed E-state index contributed by atoms with van der Waals surface area (Å²) in [5.41, 5.74) is 0.310. The molecule has 0 radical (unpaired) electrons. The molecule has 0 bridgehead atoms. The molecule has 1 aromatic rings. The molecule has 15 heavy (non-hydrogen) atoms. The van der Waals surface area contributed by atoms with Crippen LogP contribution in [-0.4, -0.2) is 14.8 Å². The first-order chi connectivity index (χ1) is 7.28. The van der Waals surface area contributed by atoms with E-state index in [1.165, 1.54) is 32.1 Å². The summed E-state index contributed by atoms with van der Waals surface area (Å²) in [7, 11) is 0. The lowest BCUT2D eigenvalue weighted by Gasteiger charge is -2.35. The Balaban J connectivity index is 2.00. The van der Waals surface area contributed by atoms with E-state index in [-0.39, 0.29) is 0 Å². The Labute approximate surface area is 94.8 Å². The van der Waals surface area contributed by atoms with Crippen LogP contribution in [0.15, 0.2) is 0 Å². The molecule has 0 spiro atoms. The van der Waals surface area contributed by atoms with Crippen LogP contribution in [0.5, 0.6) is 0 Å². The third kappa shape index (κ3) is 1.25. The van der Waals surface area contributed by atoms with Crippen LogP contribution >= 0.6 is 11.6 Å². The predicted octanol–water partition coefficient (Wildman–Crippen LogP) is 2.78. The Morgan fingerprint density at radius 3 is 2.60 bits per heavy atom. The number of nitrogens with zero attached hydrogens (tertiary/aromatic N) is 3. The van der Waals surface area contributed by atoms with Gasteiger partial charge in [0.25, 0.3) is 0 Å².